The largest absolute Gasteiger partial charge is 0.507 e. The monoisotopic (exact) mass is 610 g/mol. The first kappa shape index (κ1) is 36.1. The van der Waals surface area contributed by atoms with E-state index >= 15 is 0 Å². The fourth-order valence-corrected chi connectivity index (χ4v) is 5.17. The van der Waals surface area contributed by atoms with Gasteiger partial charge in [-0.1, -0.05) is 194 Å². The Bertz CT molecular complexity index is 1760. The summed E-state index contributed by atoms with van der Waals surface area (Å²) in [6, 6.07) is 46.3. The Balaban J connectivity index is 0.000000170. The maximum atomic E-state index is 10.0. The van der Waals surface area contributed by atoms with E-state index in [1.807, 2.05) is 36.4 Å². The van der Waals surface area contributed by atoms with Crippen molar-refractivity contribution in [1.29, 1.82) is 0 Å². The number of rotatable bonds is 4. The molecule has 1 heteroatoms. The molecular weight excluding hydrogens is 556 g/mol. The molecule has 0 radical (unpaired) electrons. The summed E-state index contributed by atoms with van der Waals surface area (Å²) in [6.07, 6.45) is 0. The lowest BCUT2D eigenvalue weighted by molar-refractivity contribution is 0.471. The van der Waals surface area contributed by atoms with Crippen LogP contribution in [0.4, 0.5) is 0 Å². The van der Waals surface area contributed by atoms with Gasteiger partial charge in [0, 0.05) is 5.39 Å². The minimum Gasteiger partial charge on any atom is -0.507 e. The maximum Gasteiger partial charge on any atom is 0.126 e. The molecule has 6 rings (SSSR count). The van der Waals surface area contributed by atoms with Crippen LogP contribution in [0, 0.1) is 6.92 Å². The average molecular weight is 611 g/mol. The minimum atomic E-state index is 0.361. The summed E-state index contributed by atoms with van der Waals surface area (Å²) < 4.78 is 0. The second-order valence-electron chi connectivity index (χ2n) is 13.3. The second kappa shape index (κ2) is 18.0. The van der Waals surface area contributed by atoms with Gasteiger partial charge in [-0.05, 0) is 69.0 Å². The van der Waals surface area contributed by atoms with Gasteiger partial charge in [-0.15, -0.1) is 0 Å². The van der Waals surface area contributed by atoms with Gasteiger partial charge < -0.3 is 5.11 Å². The van der Waals surface area contributed by atoms with Crippen molar-refractivity contribution in [3.05, 3.63) is 161 Å². The lowest BCUT2D eigenvalue weighted by Crippen LogP contribution is -1.88. The van der Waals surface area contributed by atoms with Crippen LogP contribution in [-0.2, 0) is 0 Å². The topological polar surface area (TPSA) is 20.2 Å². The van der Waals surface area contributed by atoms with Crippen molar-refractivity contribution in [2.24, 2.45) is 0 Å². The zero-order valence-electron chi connectivity index (χ0n) is 29.5. The number of aryl methyl sites for hydroxylation is 1. The van der Waals surface area contributed by atoms with Gasteiger partial charge in [-0.2, -0.15) is 0 Å². The van der Waals surface area contributed by atoms with Gasteiger partial charge in [0.25, 0.3) is 0 Å². The molecule has 0 aliphatic carbocycles. The third-order valence-electron chi connectivity index (χ3n) is 8.17. The van der Waals surface area contributed by atoms with Gasteiger partial charge in [0.1, 0.15) is 5.75 Å². The molecule has 0 heterocycles. The molecule has 0 aliphatic rings. The molecule has 0 saturated carbocycles. The highest BCUT2D eigenvalue weighted by Gasteiger charge is 2.08. The number of benzene rings is 6. The van der Waals surface area contributed by atoms with Crippen LogP contribution in [0.15, 0.2) is 133 Å². The highest BCUT2D eigenvalue weighted by atomic mass is 16.3. The van der Waals surface area contributed by atoms with Gasteiger partial charge in [0.15, 0.2) is 0 Å². The minimum absolute atomic E-state index is 0.361. The fraction of sp³-hybridized carbons (Fsp3) is 0.289. The smallest absolute Gasteiger partial charge is 0.126 e. The third kappa shape index (κ3) is 10.9. The first-order valence-electron chi connectivity index (χ1n) is 16.8. The first-order valence-corrected chi connectivity index (χ1v) is 16.8. The molecule has 240 valence electrons. The molecule has 0 unspecified atom stereocenters. The van der Waals surface area contributed by atoms with Crippen molar-refractivity contribution in [2.75, 3.05) is 0 Å². The van der Waals surface area contributed by atoms with E-state index in [9.17, 15) is 5.11 Å². The molecule has 0 amide bonds. The van der Waals surface area contributed by atoms with E-state index in [1.165, 1.54) is 33.0 Å². The van der Waals surface area contributed by atoms with Gasteiger partial charge in [-0.3, -0.25) is 0 Å². The number of hydrogen-bond donors (Lipinski definition) is 1. The summed E-state index contributed by atoms with van der Waals surface area (Å²) in [5.74, 6) is 2.72. The number of aromatic hydroxyl groups is 1. The quantitative estimate of drug-likeness (QED) is 0.210. The molecule has 0 aromatic heterocycles. The Morgan fingerprint density at radius 2 is 0.891 bits per heavy atom. The molecule has 46 heavy (non-hydrogen) atoms. The molecule has 0 fully saturated rings. The van der Waals surface area contributed by atoms with E-state index in [0.29, 0.717) is 29.4 Å². The molecule has 0 atom stereocenters. The number of phenols is 1. The molecule has 0 aliphatic heterocycles. The molecule has 1 nitrogen and oxygen atoms in total. The van der Waals surface area contributed by atoms with Crippen molar-refractivity contribution in [2.45, 2.75) is 86.0 Å². The van der Waals surface area contributed by atoms with Gasteiger partial charge >= 0.3 is 0 Å². The fourth-order valence-electron chi connectivity index (χ4n) is 5.17. The molecule has 0 bridgehead atoms. The van der Waals surface area contributed by atoms with E-state index < -0.39 is 0 Å². The normalized spacial score (nSPS) is 10.7. The van der Waals surface area contributed by atoms with Crippen molar-refractivity contribution in [3.63, 3.8) is 0 Å². The van der Waals surface area contributed by atoms with E-state index in [-0.39, 0.29) is 0 Å². The van der Waals surface area contributed by atoms with E-state index in [1.54, 1.807) is 0 Å². The predicted octanol–water partition coefficient (Wildman–Crippen LogP) is 13.6. The Hall–Kier alpha value is -4.36. The molecule has 6 aromatic carbocycles. The van der Waals surface area contributed by atoms with Crippen LogP contribution in [0.5, 0.6) is 5.75 Å². The summed E-state index contributed by atoms with van der Waals surface area (Å²) >= 11 is 0. The molecule has 0 spiro atoms. The molecular formula is C45H54O. The lowest BCUT2D eigenvalue weighted by Gasteiger charge is -2.10. The van der Waals surface area contributed by atoms with E-state index in [2.05, 4.69) is 159 Å². The number of fused-ring (bicyclic) bond motifs is 2. The van der Waals surface area contributed by atoms with E-state index in [4.69, 9.17) is 0 Å². The highest BCUT2D eigenvalue weighted by molar-refractivity contribution is 5.89. The Morgan fingerprint density at radius 3 is 1.43 bits per heavy atom. The van der Waals surface area contributed by atoms with Gasteiger partial charge in [0.05, 0.1) is 0 Å². The average Bonchev–Trinajstić information content (AvgIpc) is 3.06. The zero-order chi connectivity index (χ0) is 33.6. The van der Waals surface area contributed by atoms with Crippen molar-refractivity contribution in [3.8, 4) is 5.75 Å². The molecule has 1 N–H and O–H groups in total. The van der Waals surface area contributed by atoms with Crippen molar-refractivity contribution < 1.29 is 5.11 Å². The van der Waals surface area contributed by atoms with E-state index in [0.717, 1.165) is 16.3 Å². The van der Waals surface area contributed by atoms with Crippen LogP contribution in [-0.4, -0.2) is 5.11 Å². The highest BCUT2D eigenvalue weighted by Crippen LogP contribution is 2.32. The summed E-state index contributed by atoms with van der Waals surface area (Å²) in [5, 5.41) is 14.7. The molecule has 0 saturated heterocycles. The number of hydrogen-bond acceptors (Lipinski definition) is 1. The van der Waals surface area contributed by atoms with Crippen LogP contribution in [0.3, 0.4) is 0 Å². The van der Waals surface area contributed by atoms with Crippen molar-refractivity contribution in [1.82, 2.24) is 0 Å². The van der Waals surface area contributed by atoms with Crippen LogP contribution >= 0.6 is 0 Å². The lowest BCUT2D eigenvalue weighted by atomic mass is 9.98. The number of phenolic OH excluding ortho intramolecular Hbond substituents is 1. The van der Waals surface area contributed by atoms with Crippen LogP contribution in [0.25, 0.3) is 21.5 Å². The zero-order valence-corrected chi connectivity index (χ0v) is 29.5. The predicted molar refractivity (Wildman–Crippen MR) is 204 cm³/mol. The standard InChI is InChI=1S/C13H14O.C13H14.C10H14.C9H12/c1-9(2)11-8-7-10-5-3-4-6-12(10)13(11)14;1-10(2)12-8-7-11-5-3-4-6-13(11)9-12;1-8(2)10-6-4-5-9(3)7-10;1-8(2)9-6-4-3-5-7-9/h3-9,14H,1-2H3;3-10H,1-2H3;4-8H,1-3H3;3-8H,1-2H3. The summed E-state index contributed by atoms with van der Waals surface area (Å²) in [5.41, 5.74) is 6.63. The van der Waals surface area contributed by atoms with Gasteiger partial charge in [0.2, 0.25) is 0 Å². The SMILES string of the molecule is CC(C)c1ccc2ccccc2c1.CC(C)c1ccc2ccccc2c1O.CC(C)c1ccccc1.Cc1cccc(C(C)C)c1. The first-order chi connectivity index (χ1) is 22.0. The summed E-state index contributed by atoms with van der Waals surface area (Å²) in [7, 11) is 0. The van der Waals surface area contributed by atoms with Gasteiger partial charge in [-0.25, -0.2) is 0 Å². The maximum absolute atomic E-state index is 10.0. The summed E-state index contributed by atoms with van der Waals surface area (Å²) in [6.45, 7) is 19.6. The van der Waals surface area contributed by atoms with Crippen molar-refractivity contribution >= 4 is 21.5 Å². The third-order valence-corrected chi connectivity index (χ3v) is 8.17. The molecule has 6 aromatic rings. The Labute approximate surface area is 279 Å². The van der Waals surface area contributed by atoms with Crippen LogP contribution in [0.1, 0.15) is 107 Å². The Morgan fingerprint density at radius 1 is 0.391 bits per heavy atom. The summed E-state index contributed by atoms with van der Waals surface area (Å²) in [4.78, 5) is 0. The van der Waals surface area contributed by atoms with Crippen LogP contribution in [0.2, 0.25) is 0 Å². The second-order valence-corrected chi connectivity index (χ2v) is 13.3. The van der Waals surface area contributed by atoms with Crippen LogP contribution < -0.4 is 0 Å². The Kier molecular flexibility index (Phi) is 14.1.